The first kappa shape index (κ1) is 27.5. The quantitative estimate of drug-likeness (QED) is 0.288. The fourth-order valence-electron chi connectivity index (χ4n) is 6.84. The number of benzene rings is 2. The highest BCUT2D eigenvalue weighted by Crippen LogP contribution is 2.46. The fourth-order valence-corrected chi connectivity index (χ4v) is 8.08. The topological polar surface area (TPSA) is 101 Å². The third-order valence-electron chi connectivity index (χ3n) is 8.84. The Kier molecular flexibility index (Phi) is 7.05. The van der Waals surface area contributed by atoms with Gasteiger partial charge in [0.1, 0.15) is 34.8 Å². The fraction of sp³-hybridized carbons (Fsp3) is 0.433. The van der Waals surface area contributed by atoms with E-state index in [4.69, 9.17) is 31.8 Å². The van der Waals surface area contributed by atoms with Crippen molar-refractivity contribution < 1.29 is 18.3 Å². The third-order valence-corrected chi connectivity index (χ3v) is 10.2. The second-order valence-corrected chi connectivity index (χ2v) is 12.6. The monoisotopic (exact) mass is 610 g/mol. The Balaban J connectivity index is 1.40. The van der Waals surface area contributed by atoms with Crippen LogP contribution < -0.4 is 15.4 Å². The maximum Gasteiger partial charge on any atom is 0.319 e. The van der Waals surface area contributed by atoms with Crippen LogP contribution in [0.4, 0.5) is 19.6 Å². The maximum atomic E-state index is 16.8. The molecule has 3 aliphatic rings. The SMILES string of the molecule is N#Cc1c(N)sc2c(F)ccc(-c3c(Cl)cc4c(N5CCCOCC5)nc(OCC56CCCN5CCC6)nc4c3F)c12. The first-order chi connectivity index (χ1) is 20.4. The molecule has 0 bridgehead atoms. The van der Waals surface area contributed by atoms with Gasteiger partial charge in [0.25, 0.3) is 0 Å². The summed E-state index contributed by atoms with van der Waals surface area (Å²) in [5.41, 5.74) is 6.45. The molecule has 2 N–H and O–H groups in total. The Bertz CT molecular complexity index is 1740. The zero-order valence-electron chi connectivity index (χ0n) is 22.9. The highest BCUT2D eigenvalue weighted by atomic mass is 35.5. The van der Waals surface area contributed by atoms with Crippen molar-refractivity contribution in [3.63, 3.8) is 0 Å². The molecule has 0 atom stereocenters. The molecule has 3 fully saturated rings. The summed E-state index contributed by atoms with van der Waals surface area (Å²) in [7, 11) is 0. The molecule has 0 amide bonds. The number of rotatable bonds is 5. The summed E-state index contributed by atoms with van der Waals surface area (Å²) in [5, 5.41) is 10.7. The smallest absolute Gasteiger partial charge is 0.319 e. The van der Waals surface area contributed by atoms with Gasteiger partial charge < -0.3 is 20.1 Å². The average Bonchev–Trinajstić information content (AvgIpc) is 3.58. The number of hydrogen-bond acceptors (Lipinski definition) is 9. The molecule has 2 aromatic heterocycles. The van der Waals surface area contributed by atoms with Gasteiger partial charge in [-0.05, 0) is 62.9 Å². The van der Waals surface area contributed by atoms with Crippen LogP contribution in [0.2, 0.25) is 5.02 Å². The van der Waals surface area contributed by atoms with Crippen LogP contribution in [-0.4, -0.2) is 66.4 Å². The van der Waals surface area contributed by atoms with Gasteiger partial charge in [0.15, 0.2) is 5.82 Å². The van der Waals surface area contributed by atoms with E-state index < -0.39 is 11.6 Å². The molecule has 0 aliphatic carbocycles. The van der Waals surface area contributed by atoms with Crippen molar-refractivity contribution >= 4 is 54.7 Å². The normalized spacial score (nSPS) is 18.9. The lowest BCUT2D eigenvalue weighted by Crippen LogP contribution is -2.43. The number of thiophene rings is 1. The number of nitriles is 1. The van der Waals surface area contributed by atoms with Crippen LogP contribution in [0.1, 0.15) is 37.7 Å². The van der Waals surface area contributed by atoms with E-state index in [0.717, 1.165) is 56.5 Å². The predicted octanol–water partition coefficient (Wildman–Crippen LogP) is 6.13. The third kappa shape index (κ3) is 4.43. The molecule has 7 rings (SSSR count). The summed E-state index contributed by atoms with van der Waals surface area (Å²) >= 11 is 7.75. The number of nitrogen functional groups attached to an aromatic ring is 1. The molecule has 4 aromatic rings. The van der Waals surface area contributed by atoms with E-state index in [0.29, 0.717) is 44.1 Å². The van der Waals surface area contributed by atoms with E-state index >= 15 is 4.39 Å². The molecule has 2 aromatic carbocycles. The molecule has 0 unspecified atom stereocenters. The minimum Gasteiger partial charge on any atom is -0.461 e. The first-order valence-corrected chi connectivity index (χ1v) is 15.4. The molecular weight excluding hydrogens is 582 g/mol. The summed E-state index contributed by atoms with van der Waals surface area (Å²) in [4.78, 5) is 13.9. The molecule has 0 spiro atoms. The zero-order valence-corrected chi connectivity index (χ0v) is 24.5. The van der Waals surface area contributed by atoms with Gasteiger partial charge in [0, 0.05) is 36.0 Å². The van der Waals surface area contributed by atoms with Gasteiger partial charge in [-0.15, -0.1) is 11.3 Å². The number of hydrogen-bond donors (Lipinski definition) is 1. The van der Waals surface area contributed by atoms with E-state index in [1.165, 1.54) is 12.1 Å². The lowest BCUT2D eigenvalue weighted by molar-refractivity contribution is 0.108. The van der Waals surface area contributed by atoms with Gasteiger partial charge in [-0.2, -0.15) is 15.2 Å². The molecule has 42 heavy (non-hydrogen) atoms. The van der Waals surface area contributed by atoms with Crippen LogP contribution in [0.25, 0.3) is 32.1 Å². The Hall–Kier alpha value is -3.30. The molecule has 0 radical (unpaired) electrons. The van der Waals surface area contributed by atoms with Crippen molar-refractivity contribution in [3.05, 3.63) is 40.4 Å². The molecule has 3 aliphatic heterocycles. The summed E-state index contributed by atoms with van der Waals surface area (Å²) in [6, 6.07) is 6.46. The standard InChI is InChI=1S/C30H29ClF2N6O2S/c31-20-14-18-25(24(33)23(20)17-4-5-21(32)26-22(17)19(15-34)27(35)42-26)36-29(37-28(18)38-8-3-12-40-13-11-38)41-16-30-6-1-9-39(30)10-2-7-30/h4-5,14H,1-3,6-13,16,35H2. The van der Waals surface area contributed by atoms with Crippen molar-refractivity contribution in [2.75, 3.05) is 56.6 Å². The Morgan fingerprint density at radius 1 is 1.12 bits per heavy atom. The van der Waals surface area contributed by atoms with Crippen LogP contribution in [0, 0.1) is 23.0 Å². The van der Waals surface area contributed by atoms with Crippen LogP contribution in [0.5, 0.6) is 6.01 Å². The van der Waals surface area contributed by atoms with Crippen LogP contribution in [0.3, 0.4) is 0 Å². The van der Waals surface area contributed by atoms with E-state index in [2.05, 4.69) is 14.8 Å². The number of aromatic nitrogens is 2. The second-order valence-electron chi connectivity index (χ2n) is 11.2. The molecule has 5 heterocycles. The number of ether oxygens (including phenoxy) is 2. The summed E-state index contributed by atoms with van der Waals surface area (Å²) in [6.07, 6.45) is 5.15. The van der Waals surface area contributed by atoms with E-state index in [9.17, 15) is 9.65 Å². The predicted molar refractivity (Wildman–Crippen MR) is 160 cm³/mol. The highest BCUT2D eigenvalue weighted by Gasteiger charge is 2.45. The summed E-state index contributed by atoms with van der Waals surface area (Å²) < 4.78 is 43.7. The van der Waals surface area contributed by atoms with Crippen molar-refractivity contribution in [2.45, 2.75) is 37.6 Å². The van der Waals surface area contributed by atoms with Crippen molar-refractivity contribution in [3.8, 4) is 23.2 Å². The largest absolute Gasteiger partial charge is 0.461 e. The van der Waals surface area contributed by atoms with Gasteiger partial charge in [0.2, 0.25) is 0 Å². The second kappa shape index (κ2) is 10.8. The van der Waals surface area contributed by atoms with Gasteiger partial charge in [-0.1, -0.05) is 17.7 Å². The van der Waals surface area contributed by atoms with Gasteiger partial charge in [-0.25, -0.2) is 8.78 Å². The number of nitrogens with two attached hydrogens (primary N) is 1. The zero-order chi connectivity index (χ0) is 29.0. The van der Waals surface area contributed by atoms with E-state index in [1.54, 1.807) is 6.07 Å². The average molecular weight is 611 g/mol. The molecule has 12 heteroatoms. The van der Waals surface area contributed by atoms with Crippen LogP contribution >= 0.6 is 22.9 Å². The molecule has 0 saturated carbocycles. The lowest BCUT2D eigenvalue weighted by Gasteiger charge is -2.31. The van der Waals surface area contributed by atoms with Gasteiger partial charge >= 0.3 is 6.01 Å². The number of anilines is 2. The summed E-state index contributed by atoms with van der Waals surface area (Å²) in [6.45, 7) is 4.93. The number of fused-ring (bicyclic) bond motifs is 3. The van der Waals surface area contributed by atoms with Crippen molar-refractivity contribution in [2.24, 2.45) is 0 Å². The minimum absolute atomic E-state index is 0.0228. The number of halogens is 3. The van der Waals surface area contributed by atoms with Crippen LogP contribution in [0.15, 0.2) is 18.2 Å². The Morgan fingerprint density at radius 2 is 1.93 bits per heavy atom. The molecule has 3 saturated heterocycles. The molecule has 218 valence electrons. The summed E-state index contributed by atoms with van der Waals surface area (Å²) in [5.74, 6) is -0.706. The van der Waals surface area contributed by atoms with Crippen LogP contribution in [-0.2, 0) is 4.74 Å². The van der Waals surface area contributed by atoms with Gasteiger partial charge in [0.05, 0.1) is 27.4 Å². The lowest BCUT2D eigenvalue weighted by atomic mass is 9.95. The van der Waals surface area contributed by atoms with E-state index in [1.807, 2.05) is 6.07 Å². The maximum absolute atomic E-state index is 16.8. The number of nitrogens with zero attached hydrogens (tertiary/aromatic N) is 5. The first-order valence-electron chi connectivity index (χ1n) is 14.2. The minimum atomic E-state index is -0.694. The highest BCUT2D eigenvalue weighted by molar-refractivity contribution is 7.23. The van der Waals surface area contributed by atoms with Gasteiger partial charge in [-0.3, -0.25) is 4.90 Å². The van der Waals surface area contributed by atoms with Crippen molar-refractivity contribution in [1.29, 1.82) is 5.26 Å². The molecular formula is C30H29ClF2N6O2S. The van der Waals surface area contributed by atoms with E-state index in [-0.39, 0.29) is 53.9 Å². The Labute approximate surface area is 250 Å². The van der Waals surface area contributed by atoms with Crippen molar-refractivity contribution in [1.82, 2.24) is 14.9 Å². The molecule has 8 nitrogen and oxygen atoms in total. The Morgan fingerprint density at radius 3 is 2.71 bits per heavy atom.